The molecule has 0 atom stereocenters. The molecule has 0 bridgehead atoms. The second-order valence-corrected chi connectivity index (χ2v) is 2.86. The van der Waals surface area contributed by atoms with Crippen molar-refractivity contribution in [3.63, 3.8) is 0 Å². The van der Waals surface area contributed by atoms with Gasteiger partial charge in [0.1, 0.15) is 0 Å². The van der Waals surface area contributed by atoms with Gasteiger partial charge in [0.05, 0.1) is 11.4 Å². The molecule has 0 N–H and O–H groups in total. The molecule has 0 aliphatic carbocycles. The van der Waals surface area contributed by atoms with Crippen molar-refractivity contribution in [1.29, 1.82) is 0 Å². The fraction of sp³-hybridized carbons (Fsp3) is 0. The minimum atomic E-state index is 0.867. The molecule has 0 aliphatic heterocycles. The smallest absolute Gasteiger partial charge is 0.0723 e. The van der Waals surface area contributed by atoms with Gasteiger partial charge in [-0.1, -0.05) is 12.6 Å². The first kappa shape index (κ1) is 8.63. The van der Waals surface area contributed by atoms with E-state index in [1.807, 2.05) is 30.3 Å². The monoisotopic (exact) mass is 182 g/mol. The summed E-state index contributed by atoms with van der Waals surface area (Å²) in [6.07, 6.45) is 5.27. The van der Waals surface area contributed by atoms with Gasteiger partial charge >= 0.3 is 0 Å². The van der Waals surface area contributed by atoms with Crippen LogP contribution in [-0.4, -0.2) is 9.97 Å². The highest BCUT2D eigenvalue weighted by atomic mass is 14.7. The van der Waals surface area contributed by atoms with Crippen molar-refractivity contribution in [2.24, 2.45) is 0 Å². The van der Waals surface area contributed by atoms with E-state index in [2.05, 4.69) is 16.5 Å². The topological polar surface area (TPSA) is 25.8 Å². The maximum atomic E-state index is 4.27. The molecule has 14 heavy (non-hydrogen) atoms. The molecule has 2 aromatic heterocycles. The van der Waals surface area contributed by atoms with Crippen LogP contribution in [0.4, 0.5) is 0 Å². The zero-order valence-corrected chi connectivity index (χ0v) is 7.72. The normalized spacial score (nSPS) is 9.71. The van der Waals surface area contributed by atoms with Crippen LogP contribution in [0.1, 0.15) is 5.69 Å². The summed E-state index contributed by atoms with van der Waals surface area (Å²) in [5.74, 6) is 0. The van der Waals surface area contributed by atoms with Gasteiger partial charge in [-0.25, -0.2) is 0 Å². The van der Waals surface area contributed by atoms with Crippen LogP contribution in [0, 0.1) is 0 Å². The standard InChI is InChI=1S/C12H10N2/c1-2-11-10(6-5-9-13-11)12-7-3-4-8-14-12/h2-9H,1H2. The van der Waals surface area contributed by atoms with Gasteiger partial charge in [0.2, 0.25) is 0 Å². The van der Waals surface area contributed by atoms with E-state index < -0.39 is 0 Å². The molecule has 2 rings (SSSR count). The molecular weight excluding hydrogens is 172 g/mol. The van der Waals surface area contributed by atoms with Gasteiger partial charge in [0.15, 0.2) is 0 Å². The second kappa shape index (κ2) is 3.83. The van der Waals surface area contributed by atoms with Crippen LogP contribution < -0.4 is 0 Å². The summed E-state index contributed by atoms with van der Waals surface area (Å²) in [6.45, 7) is 3.73. The Balaban J connectivity index is 2.57. The van der Waals surface area contributed by atoms with E-state index in [-0.39, 0.29) is 0 Å². The SMILES string of the molecule is C=Cc1ncccc1-c1ccccn1. The Morgan fingerprint density at radius 3 is 2.57 bits per heavy atom. The fourth-order valence-electron chi connectivity index (χ4n) is 1.32. The summed E-state index contributed by atoms with van der Waals surface area (Å²) < 4.78 is 0. The molecule has 2 heteroatoms. The summed E-state index contributed by atoms with van der Waals surface area (Å²) in [4.78, 5) is 8.49. The highest BCUT2D eigenvalue weighted by Gasteiger charge is 2.02. The van der Waals surface area contributed by atoms with Crippen molar-refractivity contribution < 1.29 is 0 Å². The molecule has 0 aliphatic rings. The van der Waals surface area contributed by atoms with Gasteiger partial charge in [0.25, 0.3) is 0 Å². The molecule has 0 unspecified atom stereocenters. The zero-order valence-electron chi connectivity index (χ0n) is 7.72. The van der Waals surface area contributed by atoms with E-state index >= 15 is 0 Å². The number of pyridine rings is 2. The third-order valence-electron chi connectivity index (χ3n) is 1.97. The van der Waals surface area contributed by atoms with Crippen LogP contribution in [0.3, 0.4) is 0 Å². The van der Waals surface area contributed by atoms with E-state index in [1.54, 1.807) is 18.5 Å². The number of rotatable bonds is 2. The van der Waals surface area contributed by atoms with E-state index in [9.17, 15) is 0 Å². The van der Waals surface area contributed by atoms with Crippen molar-refractivity contribution in [3.8, 4) is 11.3 Å². The number of hydrogen-bond acceptors (Lipinski definition) is 2. The van der Waals surface area contributed by atoms with Crippen molar-refractivity contribution >= 4 is 6.08 Å². The first-order chi connectivity index (χ1) is 6.92. The minimum absolute atomic E-state index is 0.867. The largest absolute Gasteiger partial charge is 0.256 e. The lowest BCUT2D eigenvalue weighted by Crippen LogP contribution is -1.88. The van der Waals surface area contributed by atoms with Crippen molar-refractivity contribution in [1.82, 2.24) is 9.97 Å². The predicted molar refractivity (Wildman–Crippen MR) is 57.6 cm³/mol. The van der Waals surface area contributed by atoms with Crippen molar-refractivity contribution in [3.05, 3.63) is 55.0 Å². The molecule has 0 fully saturated rings. The number of nitrogens with zero attached hydrogens (tertiary/aromatic N) is 2. The minimum Gasteiger partial charge on any atom is -0.256 e. The number of hydrogen-bond donors (Lipinski definition) is 0. The third-order valence-corrected chi connectivity index (χ3v) is 1.97. The molecule has 0 radical (unpaired) electrons. The van der Waals surface area contributed by atoms with Crippen LogP contribution in [0.15, 0.2) is 49.3 Å². The van der Waals surface area contributed by atoms with Crippen LogP contribution in [-0.2, 0) is 0 Å². The van der Waals surface area contributed by atoms with Gasteiger partial charge < -0.3 is 0 Å². The quantitative estimate of drug-likeness (QED) is 0.713. The Bertz CT molecular complexity index is 435. The lowest BCUT2D eigenvalue weighted by atomic mass is 10.1. The Kier molecular flexibility index (Phi) is 2.36. The number of aromatic nitrogens is 2. The summed E-state index contributed by atoms with van der Waals surface area (Å²) in [5.41, 5.74) is 2.81. The molecule has 0 aromatic carbocycles. The summed E-state index contributed by atoms with van der Waals surface area (Å²) >= 11 is 0. The Morgan fingerprint density at radius 2 is 1.86 bits per heavy atom. The summed E-state index contributed by atoms with van der Waals surface area (Å²) in [7, 11) is 0. The zero-order chi connectivity index (χ0) is 9.80. The van der Waals surface area contributed by atoms with E-state index in [1.165, 1.54) is 0 Å². The highest BCUT2D eigenvalue weighted by Crippen LogP contribution is 2.19. The van der Waals surface area contributed by atoms with Crippen LogP contribution in [0.2, 0.25) is 0 Å². The van der Waals surface area contributed by atoms with Gasteiger partial charge in [-0.05, 0) is 30.3 Å². The van der Waals surface area contributed by atoms with Crippen molar-refractivity contribution in [2.75, 3.05) is 0 Å². The Hall–Kier alpha value is -1.96. The van der Waals surface area contributed by atoms with Gasteiger partial charge in [-0.15, -0.1) is 0 Å². The molecule has 0 spiro atoms. The Morgan fingerprint density at radius 1 is 1.00 bits per heavy atom. The predicted octanol–water partition coefficient (Wildman–Crippen LogP) is 2.79. The first-order valence-corrected chi connectivity index (χ1v) is 4.40. The lowest BCUT2D eigenvalue weighted by molar-refractivity contribution is 1.26. The van der Waals surface area contributed by atoms with Gasteiger partial charge in [-0.3, -0.25) is 9.97 Å². The van der Waals surface area contributed by atoms with Crippen LogP contribution >= 0.6 is 0 Å². The molecular formula is C12H10N2. The Labute approximate surface area is 83.0 Å². The molecule has 0 saturated carbocycles. The molecule has 2 heterocycles. The van der Waals surface area contributed by atoms with E-state index in [0.717, 1.165) is 17.0 Å². The first-order valence-electron chi connectivity index (χ1n) is 4.40. The average Bonchev–Trinajstić information content (AvgIpc) is 2.30. The molecule has 2 aromatic rings. The maximum absolute atomic E-state index is 4.27. The van der Waals surface area contributed by atoms with E-state index in [4.69, 9.17) is 0 Å². The van der Waals surface area contributed by atoms with Gasteiger partial charge in [0, 0.05) is 18.0 Å². The molecule has 2 nitrogen and oxygen atoms in total. The summed E-state index contributed by atoms with van der Waals surface area (Å²) in [5, 5.41) is 0. The van der Waals surface area contributed by atoms with Crippen LogP contribution in [0.5, 0.6) is 0 Å². The van der Waals surface area contributed by atoms with Gasteiger partial charge in [-0.2, -0.15) is 0 Å². The maximum Gasteiger partial charge on any atom is 0.0723 e. The fourth-order valence-corrected chi connectivity index (χ4v) is 1.32. The molecule has 68 valence electrons. The van der Waals surface area contributed by atoms with E-state index in [0.29, 0.717) is 0 Å². The summed E-state index contributed by atoms with van der Waals surface area (Å²) in [6, 6.07) is 9.71. The van der Waals surface area contributed by atoms with Crippen molar-refractivity contribution in [2.45, 2.75) is 0 Å². The third kappa shape index (κ3) is 1.55. The molecule has 0 amide bonds. The second-order valence-electron chi connectivity index (χ2n) is 2.86. The van der Waals surface area contributed by atoms with Crippen LogP contribution in [0.25, 0.3) is 17.3 Å². The highest BCUT2D eigenvalue weighted by molar-refractivity contribution is 5.69. The average molecular weight is 182 g/mol. The molecule has 0 saturated heterocycles. The lowest BCUT2D eigenvalue weighted by Gasteiger charge is -2.02.